The predicted molar refractivity (Wildman–Crippen MR) is 51.8 cm³/mol. The van der Waals surface area contributed by atoms with Crippen molar-refractivity contribution in [3.63, 3.8) is 0 Å². The summed E-state index contributed by atoms with van der Waals surface area (Å²) in [6.07, 6.45) is 2.99. The maximum absolute atomic E-state index is 10.6. The highest BCUT2D eigenvalue weighted by atomic mass is 16.5. The highest BCUT2D eigenvalue weighted by Crippen LogP contribution is 2.17. The number of hydrogen-bond acceptors (Lipinski definition) is 4. The van der Waals surface area contributed by atoms with E-state index in [9.17, 15) is 4.79 Å². The first-order chi connectivity index (χ1) is 7.20. The minimum absolute atomic E-state index is 0.0815. The number of carboxylic acid groups (broad SMARTS) is 1. The molecule has 0 aliphatic heterocycles. The van der Waals surface area contributed by atoms with Crippen molar-refractivity contribution < 1.29 is 14.6 Å². The summed E-state index contributed by atoms with van der Waals surface area (Å²) in [4.78, 5) is 21.6. The average Bonchev–Trinajstić information content (AvgIpc) is 2.60. The molecule has 78 valence electrons. The smallest absolute Gasteiger partial charge is 0.307 e. The molecule has 2 aromatic heterocycles. The van der Waals surface area contributed by atoms with Crippen LogP contribution >= 0.6 is 0 Å². The Morgan fingerprint density at radius 3 is 3.13 bits per heavy atom. The maximum Gasteiger partial charge on any atom is 0.307 e. The van der Waals surface area contributed by atoms with Crippen LogP contribution in [0.2, 0.25) is 0 Å². The molecule has 0 aromatic carbocycles. The highest BCUT2D eigenvalue weighted by Gasteiger charge is 2.10. The number of fused-ring (bicyclic) bond motifs is 1. The Labute approximate surface area is 84.9 Å². The van der Waals surface area contributed by atoms with E-state index < -0.39 is 5.97 Å². The van der Waals surface area contributed by atoms with E-state index in [-0.39, 0.29) is 6.42 Å². The van der Waals surface area contributed by atoms with Gasteiger partial charge < -0.3 is 14.8 Å². The maximum atomic E-state index is 10.6. The Kier molecular flexibility index (Phi) is 2.24. The molecular weight excluding hydrogens is 198 g/mol. The van der Waals surface area contributed by atoms with Gasteiger partial charge in [0.15, 0.2) is 5.65 Å². The fraction of sp³-hybridized carbons (Fsp3) is 0.222. The van der Waals surface area contributed by atoms with Gasteiger partial charge in [0.1, 0.15) is 5.52 Å². The van der Waals surface area contributed by atoms with E-state index in [1.54, 1.807) is 6.20 Å². The first-order valence-corrected chi connectivity index (χ1v) is 4.29. The normalized spacial score (nSPS) is 10.5. The van der Waals surface area contributed by atoms with Gasteiger partial charge in [-0.05, 0) is 0 Å². The molecule has 0 radical (unpaired) electrons. The summed E-state index contributed by atoms with van der Waals surface area (Å²) in [5.74, 6) is -0.533. The lowest BCUT2D eigenvalue weighted by Crippen LogP contribution is -2.00. The second kappa shape index (κ2) is 3.56. The number of rotatable bonds is 3. The Morgan fingerprint density at radius 2 is 2.47 bits per heavy atom. The fourth-order valence-electron chi connectivity index (χ4n) is 1.32. The molecule has 0 unspecified atom stereocenters. The number of carboxylic acids is 1. The van der Waals surface area contributed by atoms with Gasteiger partial charge in [-0.1, -0.05) is 0 Å². The summed E-state index contributed by atoms with van der Waals surface area (Å²) in [5, 5.41) is 8.68. The van der Waals surface area contributed by atoms with Crippen molar-refractivity contribution in [2.45, 2.75) is 6.42 Å². The van der Waals surface area contributed by atoms with Gasteiger partial charge in [-0.25, -0.2) is 9.97 Å². The van der Waals surface area contributed by atoms with Crippen LogP contribution in [0.15, 0.2) is 12.4 Å². The molecule has 0 atom stereocenters. The molecule has 6 heteroatoms. The minimum Gasteiger partial charge on any atom is -0.481 e. The van der Waals surface area contributed by atoms with Gasteiger partial charge >= 0.3 is 5.97 Å². The van der Waals surface area contributed by atoms with E-state index in [1.807, 2.05) is 0 Å². The molecule has 0 amide bonds. The molecule has 2 heterocycles. The zero-order valence-electron chi connectivity index (χ0n) is 8.02. The molecule has 15 heavy (non-hydrogen) atoms. The zero-order chi connectivity index (χ0) is 10.8. The molecule has 0 saturated heterocycles. The summed E-state index contributed by atoms with van der Waals surface area (Å²) in [5.41, 5.74) is 1.70. The van der Waals surface area contributed by atoms with Crippen LogP contribution in [0.3, 0.4) is 0 Å². The molecule has 6 nitrogen and oxygen atoms in total. The van der Waals surface area contributed by atoms with Crippen molar-refractivity contribution in [1.29, 1.82) is 0 Å². The monoisotopic (exact) mass is 207 g/mol. The fourth-order valence-corrected chi connectivity index (χ4v) is 1.32. The molecule has 0 saturated carbocycles. The summed E-state index contributed by atoms with van der Waals surface area (Å²) in [6.45, 7) is 0. The lowest BCUT2D eigenvalue weighted by Gasteiger charge is -1.98. The largest absolute Gasteiger partial charge is 0.481 e. The third kappa shape index (κ3) is 1.74. The number of carbonyl (C=O) groups is 1. The Hall–Kier alpha value is -2.11. The standard InChI is InChI=1S/C9H9N3O3/c1-15-6-4-11-9-8(12-6)5(3-10-9)2-7(13)14/h3-4H,2H2,1H3,(H,10,11)(H,13,14). The summed E-state index contributed by atoms with van der Waals surface area (Å²) >= 11 is 0. The highest BCUT2D eigenvalue weighted by molar-refractivity contribution is 5.81. The average molecular weight is 207 g/mol. The molecule has 0 bridgehead atoms. The van der Waals surface area contributed by atoms with Gasteiger partial charge in [-0.15, -0.1) is 0 Å². The number of nitrogens with one attached hydrogen (secondary N) is 1. The third-order valence-corrected chi connectivity index (χ3v) is 1.99. The summed E-state index contributed by atoms with van der Waals surface area (Å²) in [7, 11) is 1.49. The van der Waals surface area contributed by atoms with Crippen molar-refractivity contribution in [3.05, 3.63) is 18.0 Å². The number of aromatic nitrogens is 3. The van der Waals surface area contributed by atoms with Crippen LogP contribution in [0.5, 0.6) is 5.88 Å². The van der Waals surface area contributed by atoms with Gasteiger partial charge in [-0.3, -0.25) is 4.79 Å². The molecule has 2 rings (SSSR count). The number of hydrogen-bond donors (Lipinski definition) is 2. The van der Waals surface area contributed by atoms with E-state index in [0.717, 1.165) is 0 Å². The van der Waals surface area contributed by atoms with Crippen molar-refractivity contribution in [2.24, 2.45) is 0 Å². The van der Waals surface area contributed by atoms with Gasteiger partial charge in [-0.2, -0.15) is 0 Å². The van der Waals surface area contributed by atoms with Crippen molar-refractivity contribution in [3.8, 4) is 5.88 Å². The summed E-state index contributed by atoms with van der Waals surface area (Å²) < 4.78 is 4.92. The third-order valence-electron chi connectivity index (χ3n) is 1.99. The number of nitrogens with zero attached hydrogens (tertiary/aromatic N) is 2. The number of aromatic amines is 1. The van der Waals surface area contributed by atoms with Crippen molar-refractivity contribution >= 4 is 17.1 Å². The number of ether oxygens (including phenoxy) is 1. The van der Waals surface area contributed by atoms with Crippen LogP contribution in [0.1, 0.15) is 5.56 Å². The van der Waals surface area contributed by atoms with Gasteiger partial charge in [0.2, 0.25) is 5.88 Å². The molecule has 0 fully saturated rings. The lowest BCUT2D eigenvalue weighted by molar-refractivity contribution is -0.136. The van der Waals surface area contributed by atoms with E-state index >= 15 is 0 Å². The number of methoxy groups -OCH3 is 1. The Bertz CT molecular complexity index is 506. The van der Waals surface area contributed by atoms with Crippen LogP contribution in [0.4, 0.5) is 0 Å². The topological polar surface area (TPSA) is 88.1 Å². The van der Waals surface area contributed by atoms with E-state index in [1.165, 1.54) is 13.3 Å². The van der Waals surface area contributed by atoms with E-state index in [0.29, 0.717) is 22.6 Å². The molecule has 0 aliphatic carbocycles. The van der Waals surface area contributed by atoms with E-state index in [4.69, 9.17) is 9.84 Å². The Morgan fingerprint density at radius 1 is 1.67 bits per heavy atom. The number of H-pyrrole nitrogens is 1. The Balaban J connectivity index is 2.51. The second-order valence-electron chi connectivity index (χ2n) is 2.99. The molecule has 0 aliphatic rings. The minimum atomic E-state index is -0.902. The van der Waals surface area contributed by atoms with Crippen molar-refractivity contribution in [1.82, 2.24) is 15.0 Å². The van der Waals surface area contributed by atoms with Crippen LogP contribution in [0, 0.1) is 0 Å². The zero-order valence-corrected chi connectivity index (χ0v) is 8.02. The SMILES string of the molecule is COc1cnc2[nH]cc(CC(=O)O)c2n1. The van der Waals surface area contributed by atoms with Gasteiger partial charge in [0, 0.05) is 11.8 Å². The van der Waals surface area contributed by atoms with Crippen molar-refractivity contribution in [2.75, 3.05) is 7.11 Å². The molecular formula is C9H9N3O3. The van der Waals surface area contributed by atoms with Crippen LogP contribution in [-0.2, 0) is 11.2 Å². The first-order valence-electron chi connectivity index (χ1n) is 4.29. The van der Waals surface area contributed by atoms with Crippen LogP contribution < -0.4 is 4.74 Å². The molecule has 0 spiro atoms. The molecule has 2 aromatic rings. The lowest BCUT2D eigenvalue weighted by atomic mass is 10.2. The first kappa shape index (κ1) is 9.45. The van der Waals surface area contributed by atoms with Gasteiger partial charge in [0.25, 0.3) is 0 Å². The van der Waals surface area contributed by atoms with Gasteiger partial charge in [0.05, 0.1) is 19.7 Å². The van der Waals surface area contributed by atoms with E-state index in [2.05, 4.69) is 15.0 Å². The number of aliphatic carboxylic acids is 1. The quantitative estimate of drug-likeness (QED) is 0.769. The summed E-state index contributed by atoms with van der Waals surface area (Å²) in [6, 6.07) is 0. The molecule has 2 N–H and O–H groups in total. The van der Waals surface area contributed by atoms with Crippen LogP contribution in [-0.4, -0.2) is 33.1 Å². The van der Waals surface area contributed by atoms with Crippen LogP contribution in [0.25, 0.3) is 11.2 Å². The second-order valence-corrected chi connectivity index (χ2v) is 2.99. The predicted octanol–water partition coefficient (Wildman–Crippen LogP) is 0.594.